The average molecular weight is 304 g/mol. The van der Waals surface area contributed by atoms with Gasteiger partial charge in [0.15, 0.2) is 0 Å². The van der Waals surface area contributed by atoms with Crippen LogP contribution in [0.1, 0.15) is 31.6 Å². The zero-order valence-corrected chi connectivity index (χ0v) is 13.4. The van der Waals surface area contributed by atoms with Gasteiger partial charge in [0.2, 0.25) is 10.0 Å². The van der Waals surface area contributed by atoms with Crippen molar-refractivity contribution in [2.24, 2.45) is 0 Å². The van der Waals surface area contributed by atoms with Crippen LogP contribution in [0.2, 0.25) is 0 Å². The van der Waals surface area contributed by atoms with Crippen LogP contribution in [0.15, 0.2) is 17.5 Å². The Balaban J connectivity index is 2.44. The fourth-order valence-corrected chi connectivity index (χ4v) is 4.09. The third-order valence-electron chi connectivity index (χ3n) is 2.84. The lowest BCUT2D eigenvalue weighted by atomic mass is 10.4. The van der Waals surface area contributed by atoms with E-state index in [9.17, 15) is 8.42 Å². The van der Waals surface area contributed by atoms with Crippen molar-refractivity contribution in [3.63, 3.8) is 0 Å². The fourth-order valence-electron chi connectivity index (χ4n) is 1.79. The summed E-state index contributed by atoms with van der Waals surface area (Å²) >= 11 is 1.60. The predicted molar refractivity (Wildman–Crippen MR) is 82.0 cm³/mol. The molecule has 0 spiro atoms. The maximum atomic E-state index is 12.2. The highest BCUT2D eigenvalue weighted by Crippen LogP contribution is 2.15. The molecule has 6 heteroatoms. The molecule has 0 saturated heterocycles. The van der Waals surface area contributed by atoms with Crippen LogP contribution in [0, 0.1) is 0 Å². The van der Waals surface area contributed by atoms with E-state index >= 15 is 0 Å². The van der Waals surface area contributed by atoms with E-state index in [1.165, 1.54) is 0 Å². The van der Waals surface area contributed by atoms with Crippen LogP contribution in [-0.4, -0.2) is 38.1 Å². The Morgan fingerprint density at radius 1 is 1.32 bits per heavy atom. The quantitative estimate of drug-likeness (QED) is 0.675. The van der Waals surface area contributed by atoms with Crippen LogP contribution in [0.3, 0.4) is 0 Å². The van der Waals surface area contributed by atoms with Crippen molar-refractivity contribution in [2.45, 2.75) is 33.2 Å². The van der Waals surface area contributed by atoms with Crippen LogP contribution in [0.4, 0.5) is 0 Å². The zero-order valence-electron chi connectivity index (χ0n) is 11.8. The van der Waals surface area contributed by atoms with Gasteiger partial charge in [-0.3, -0.25) is 0 Å². The highest BCUT2D eigenvalue weighted by Gasteiger charge is 2.20. The van der Waals surface area contributed by atoms with Crippen LogP contribution < -0.4 is 5.32 Å². The number of thiophene rings is 1. The molecule has 1 rings (SSSR count). The third-order valence-corrected chi connectivity index (χ3v) is 5.68. The molecule has 0 amide bonds. The topological polar surface area (TPSA) is 49.4 Å². The van der Waals surface area contributed by atoms with Crippen molar-refractivity contribution in [2.75, 3.05) is 25.4 Å². The Labute approximate surface area is 120 Å². The molecule has 0 unspecified atom stereocenters. The molecule has 0 aliphatic carbocycles. The van der Waals surface area contributed by atoms with Crippen molar-refractivity contribution in [1.29, 1.82) is 0 Å². The maximum Gasteiger partial charge on any atom is 0.214 e. The SMILES string of the molecule is CCCNCCCS(=O)(=O)N(CC)Cc1cccs1. The lowest BCUT2D eigenvalue weighted by Gasteiger charge is -2.19. The largest absolute Gasteiger partial charge is 0.317 e. The summed E-state index contributed by atoms with van der Waals surface area (Å²) in [6, 6.07) is 3.93. The third kappa shape index (κ3) is 6.03. The smallest absolute Gasteiger partial charge is 0.214 e. The van der Waals surface area contributed by atoms with Gasteiger partial charge in [-0.15, -0.1) is 11.3 Å². The van der Waals surface area contributed by atoms with Crippen molar-refractivity contribution < 1.29 is 8.42 Å². The number of hydrogen-bond donors (Lipinski definition) is 1. The second-order valence-electron chi connectivity index (χ2n) is 4.43. The lowest BCUT2D eigenvalue weighted by Crippen LogP contribution is -2.33. The second-order valence-corrected chi connectivity index (χ2v) is 7.55. The van der Waals surface area contributed by atoms with Crippen LogP contribution in [0.5, 0.6) is 0 Å². The molecule has 0 fully saturated rings. The molecule has 0 aliphatic heterocycles. The molecule has 1 aromatic heterocycles. The van der Waals surface area contributed by atoms with Gasteiger partial charge >= 0.3 is 0 Å². The number of sulfonamides is 1. The molecule has 0 saturated carbocycles. The molecule has 1 heterocycles. The van der Waals surface area contributed by atoms with E-state index < -0.39 is 10.0 Å². The summed E-state index contributed by atoms with van der Waals surface area (Å²) < 4.78 is 26.0. The highest BCUT2D eigenvalue weighted by atomic mass is 32.2. The number of rotatable bonds is 10. The fraction of sp³-hybridized carbons (Fsp3) is 0.692. The van der Waals surface area contributed by atoms with Gasteiger partial charge in [0.05, 0.1) is 5.75 Å². The summed E-state index contributed by atoms with van der Waals surface area (Å²) in [7, 11) is -3.14. The molecular weight excluding hydrogens is 280 g/mol. The Morgan fingerprint density at radius 3 is 2.68 bits per heavy atom. The monoisotopic (exact) mass is 304 g/mol. The van der Waals surface area contributed by atoms with E-state index in [4.69, 9.17) is 0 Å². The standard InChI is InChI=1S/C13H24N2O2S2/c1-3-8-14-9-6-11-19(16,17)15(4-2)12-13-7-5-10-18-13/h5,7,10,14H,3-4,6,8-9,11-12H2,1-2H3. The van der Waals surface area contributed by atoms with Gasteiger partial charge in [-0.05, 0) is 37.4 Å². The van der Waals surface area contributed by atoms with Gasteiger partial charge in [-0.25, -0.2) is 8.42 Å². The van der Waals surface area contributed by atoms with Crippen LogP contribution >= 0.6 is 11.3 Å². The molecule has 0 aliphatic rings. The van der Waals surface area contributed by atoms with Gasteiger partial charge in [0.1, 0.15) is 0 Å². The van der Waals surface area contributed by atoms with E-state index in [1.807, 2.05) is 24.4 Å². The molecular formula is C13H24N2O2S2. The van der Waals surface area contributed by atoms with Gasteiger partial charge in [0.25, 0.3) is 0 Å². The first-order chi connectivity index (χ1) is 9.10. The summed E-state index contributed by atoms with van der Waals surface area (Å²) in [6.07, 6.45) is 1.75. The minimum absolute atomic E-state index is 0.225. The van der Waals surface area contributed by atoms with E-state index in [-0.39, 0.29) is 5.75 Å². The predicted octanol–water partition coefficient (Wildman–Crippen LogP) is 2.29. The number of nitrogens with one attached hydrogen (secondary N) is 1. The van der Waals surface area contributed by atoms with Crippen LogP contribution in [-0.2, 0) is 16.6 Å². The molecule has 0 bridgehead atoms. The number of nitrogens with zero attached hydrogens (tertiary/aromatic N) is 1. The van der Waals surface area contributed by atoms with Crippen molar-refractivity contribution >= 4 is 21.4 Å². The summed E-state index contributed by atoms with van der Waals surface area (Å²) in [5.74, 6) is 0.225. The first kappa shape index (κ1) is 16.6. The second kappa shape index (κ2) is 8.68. The molecule has 1 N–H and O–H groups in total. The molecule has 0 aromatic carbocycles. The van der Waals surface area contributed by atoms with Gasteiger partial charge in [-0.2, -0.15) is 4.31 Å². The van der Waals surface area contributed by atoms with Crippen molar-refractivity contribution in [3.8, 4) is 0 Å². The van der Waals surface area contributed by atoms with E-state index in [1.54, 1.807) is 15.6 Å². The van der Waals surface area contributed by atoms with Gasteiger partial charge in [0, 0.05) is 18.0 Å². The lowest BCUT2D eigenvalue weighted by molar-refractivity contribution is 0.425. The minimum atomic E-state index is -3.14. The van der Waals surface area contributed by atoms with E-state index in [0.717, 1.165) is 24.4 Å². The summed E-state index contributed by atoms with van der Waals surface area (Å²) in [5.41, 5.74) is 0. The first-order valence-corrected chi connectivity index (χ1v) is 9.30. The molecule has 0 atom stereocenters. The Bertz CT molecular complexity index is 430. The Kier molecular flexibility index (Phi) is 7.60. The average Bonchev–Trinajstić information content (AvgIpc) is 2.88. The molecule has 110 valence electrons. The Morgan fingerprint density at radius 2 is 2.11 bits per heavy atom. The van der Waals surface area contributed by atoms with Crippen LogP contribution in [0.25, 0.3) is 0 Å². The van der Waals surface area contributed by atoms with Crippen molar-refractivity contribution in [3.05, 3.63) is 22.4 Å². The number of hydrogen-bond acceptors (Lipinski definition) is 4. The molecule has 4 nitrogen and oxygen atoms in total. The van der Waals surface area contributed by atoms with Crippen molar-refractivity contribution in [1.82, 2.24) is 9.62 Å². The maximum absolute atomic E-state index is 12.2. The summed E-state index contributed by atoms with van der Waals surface area (Å²) in [4.78, 5) is 1.09. The van der Waals surface area contributed by atoms with E-state index in [2.05, 4.69) is 12.2 Å². The normalized spacial score (nSPS) is 12.2. The first-order valence-electron chi connectivity index (χ1n) is 6.81. The van der Waals surface area contributed by atoms with Gasteiger partial charge < -0.3 is 5.32 Å². The molecule has 1 aromatic rings. The summed E-state index contributed by atoms with van der Waals surface area (Å²) in [6.45, 7) is 6.74. The van der Waals surface area contributed by atoms with Gasteiger partial charge in [-0.1, -0.05) is 19.9 Å². The highest BCUT2D eigenvalue weighted by molar-refractivity contribution is 7.89. The molecule has 0 radical (unpaired) electrons. The zero-order chi connectivity index (χ0) is 14.1. The molecule has 19 heavy (non-hydrogen) atoms. The Hall–Kier alpha value is -0.430. The van der Waals surface area contributed by atoms with E-state index in [0.29, 0.717) is 19.5 Å². The minimum Gasteiger partial charge on any atom is -0.317 e. The summed E-state index contributed by atoms with van der Waals surface area (Å²) in [5, 5.41) is 5.21.